The van der Waals surface area contributed by atoms with Crippen LogP contribution in [0.3, 0.4) is 0 Å². The van der Waals surface area contributed by atoms with Crippen LogP contribution in [0.25, 0.3) is 22.2 Å². The van der Waals surface area contributed by atoms with Crippen molar-refractivity contribution in [2.45, 2.75) is 0 Å². The molecule has 0 amide bonds. The van der Waals surface area contributed by atoms with E-state index >= 15 is 0 Å². The van der Waals surface area contributed by atoms with E-state index in [0.29, 0.717) is 21.6 Å². The van der Waals surface area contributed by atoms with Crippen molar-refractivity contribution < 1.29 is 4.79 Å². The first-order valence-corrected chi connectivity index (χ1v) is 7.25. The maximum absolute atomic E-state index is 11.8. The van der Waals surface area contributed by atoms with Gasteiger partial charge in [0.25, 0.3) is 5.24 Å². The molecule has 1 aromatic heterocycles. The largest absolute Gasteiger partial charge is 0.275 e. The summed E-state index contributed by atoms with van der Waals surface area (Å²) in [5.41, 5.74) is 2.05. The molecule has 0 bridgehead atoms. The molecule has 0 N–H and O–H groups in total. The number of hydrogen-bond donors (Lipinski definition) is 0. The molecule has 0 aliphatic carbocycles. The summed E-state index contributed by atoms with van der Waals surface area (Å²) in [5, 5.41) is 0.846. The molecular weight excluding hydrogens is 329 g/mol. The van der Waals surface area contributed by atoms with E-state index in [9.17, 15) is 4.79 Å². The van der Waals surface area contributed by atoms with E-state index in [4.69, 9.17) is 34.8 Å². The number of pyridine rings is 1. The number of carbonyl (C=O) groups is 1. The Hall–Kier alpha value is -1.61. The number of hydrogen-bond acceptors (Lipinski definition) is 2. The summed E-state index contributed by atoms with van der Waals surface area (Å²) < 4.78 is 0. The van der Waals surface area contributed by atoms with Crippen LogP contribution in [0.1, 0.15) is 10.4 Å². The fraction of sp³-hybridized carbons (Fsp3) is 0. The summed E-state index contributed by atoms with van der Waals surface area (Å²) in [6, 6.07) is 14.4. The highest BCUT2D eigenvalue weighted by molar-refractivity contribution is 6.69. The molecule has 0 atom stereocenters. The third-order valence-corrected chi connectivity index (χ3v) is 3.95. The Kier molecular flexibility index (Phi) is 3.85. The fourth-order valence-electron chi connectivity index (χ4n) is 2.18. The van der Waals surface area contributed by atoms with Crippen molar-refractivity contribution in [3.8, 4) is 11.3 Å². The Morgan fingerprint density at radius 1 is 1.00 bits per heavy atom. The van der Waals surface area contributed by atoms with Gasteiger partial charge in [0.05, 0.1) is 21.8 Å². The molecule has 2 aromatic carbocycles. The van der Waals surface area contributed by atoms with Gasteiger partial charge in [-0.15, -0.1) is 0 Å². The molecule has 0 saturated carbocycles. The fourth-order valence-corrected chi connectivity index (χ4v) is 2.92. The standard InChI is InChI=1S/C16H8Cl3NO/c17-10-6-7-11-12(8-10)20-15(9-4-2-1-3-5-9)13(14(11)18)16(19)21/h1-8H. The summed E-state index contributed by atoms with van der Waals surface area (Å²) in [6.45, 7) is 0. The van der Waals surface area contributed by atoms with Gasteiger partial charge in [0, 0.05) is 16.0 Å². The van der Waals surface area contributed by atoms with E-state index in [1.807, 2.05) is 30.3 Å². The van der Waals surface area contributed by atoms with Gasteiger partial charge in [-0.25, -0.2) is 4.98 Å². The predicted octanol–water partition coefficient (Wildman–Crippen LogP) is 5.59. The zero-order valence-electron chi connectivity index (χ0n) is 10.6. The Morgan fingerprint density at radius 3 is 2.38 bits per heavy atom. The summed E-state index contributed by atoms with van der Waals surface area (Å²) in [5.74, 6) is 0. The second kappa shape index (κ2) is 5.64. The predicted molar refractivity (Wildman–Crippen MR) is 87.4 cm³/mol. The van der Waals surface area contributed by atoms with Gasteiger partial charge in [0.2, 0.25) is 0 Å². The SMILES string of the molecule is O=C(Cl)c1c(-c2ccccc2)nc2cc(Cl)ccc2c1Cl. The minimum absolute atomic E-state index is 0.208. The van der Waals surface area contributed by atoms with E-state index in [1.54, 1.807) is 18.2 Å². The monoisotopic (exact) mass is 335 g/mol. The Bertz CT molecular complexity index is 847. The maximum atomic E-state index is 11.8. The van der Waals surface area contributed by atoms with Crippen molar-refractivity contribution in [2.24, 2.45) is 0 Å². The Labute approximate surface area is 136 Å². The summed E-state index contributed by atoms with van der Waals surface area (Å²) in [6.07, 6.45) is 0. The molecule has 0 fully saturated rings. The van der Waals surface area contributed by atoms with Crippen LogP contribution in [0.2, 0.25) is 10.0 Å². The van der Waals surface area contributed by atoms with Crippen LogP contribution in [0.5, 0.6) is 0 Å². The zero-order chi connectivity index (χ0) is 15.0. The van der Waals surface area contributed by atoms with Gasteiger partial charge in [-0.3, -0.25) is 4.79 Å². The lowest BCUT2D eigenvalue weighted by molar-refractivity contribution is 0.108. The number of benzene rings is 2. The van der Waals surface area contributed by atoms with Gasteiger partial charge in [0.1, 0.15) is 0 Å². The highest BCUT2D eigenvalue weighted by Gasteiger charge is 2.19. The average molecular weight is 337 g/mol. The van der Waals surface area contributed by atoms with Crippen molar-refractivity contribution in [3.05, 3.63) is 64.1 Å². The third-order valence-electron chi connectivity index (χ3n) is 3.13. The van der Waals surface area contributed by atoms with Gasteiger partial charge >= 0.3 is 0 Å². The van der Waals surface area contributed by atoms with Crippen molar-refractivity contribution >= 4 is 50.9 Å². The van der Waals surface area contributed by atoms with Crippen LogP contribution in [0.4, 0.5) is 0 Å². The molecule has 0 aliphatic heterocycles. The molecule has 3 rings (SSSR count). The lowest BCUT2D eigenvalue weighted by atomic mass is 10.0. The molecule has 0 radical (unpaired) electrons. The number of rotatable bonds is 2. The highest BCUT2D eigenvalue weighted by Crippen LogP contribution is 2.35. The first-order valence-electron chi connectivity index (χ1n) is 6.12. The van der Waals surface area contributed by atoms with Crippen LogP contribution in [0.15, 0.2) is 48.5 Å². The van der Waals surface area contributed by atoms with Crippen molar-refractivity contribution in [1.29, 1.82) is 0 Å². The minimum Gasteiger partial charge on any atom is -0.275 e. The highest BCUT2D eigenvalue weighted by atomic mass is 35.5. The number of carbonyl (C=O) groups excluding carboxylic acids is 1. The molecule has 0 saturated heterocycles. The summed E-state index contributed by atoms with van der Waals surface area (Å²) >= 11 is 18.1. The maximum Gasteiger partial charge on any atom is 0.256 e. The van der Waals surface area contributed by atoms with E-state index in [0.717, 1.165) is 5.56 Å². The van der Waals surface area contributed by atoms with Gasteiger partial charge in [0.15, 0.2) is 0 Å². The first kappa shape index (κ1) is 14.3. The molecule has 0 unspecified atom stereocenters. The van der Waals surface area contributed by atoms with Gasteiger partial charge in [-0.05, 0) is 29.8 Å². The number of nitrogens with zero attached hydrogens (tertiary/aromatic N) is 1. The molecule has 104 valence electrons. The second-order valence-electron chi connectivity index (χ2n) is 4.45. The molecule has 1 heterocycles. The molecular formula is C16H8Cl3NO. The van der Waals surface area contributed by atoms with E-state index in [2.05, 4.69) is 4.98 Å². The van der Waals surface area contributed by atoms with Crippen molar-refractivity contribution in [3.63, 3.8) is 0 Å². The quantitative estimate of drug-likeness (QED) is 0.571. The molecule has 2 nitrogen and oxygen atoms in total. The molecule has 21 heavy (non-hydrogen) atoms. The Morgan fingerprint density at radius 2 is 1.71 bits per heavy atom. The van der Waals surface area contributed by atoms with Crippen LogP contribution >= 0.6 is 34.8 Å². The molecule has 0 aliphatic rings. The minimum atomic E-state index is -0.636. The molecule has 5 heteroatoms. The number of halogens is 3. The second-order valence-corrected chi connectivity index (χ2v) is 5.61. The van der Waals surface area contributed by atoms with Gasteiger partial charge < -0.3 is 0 Å². The van der Waals surface area contributed by atoms with E-state index in [-0.39, 0.29) is 10.6 Å². The van der Waals surface area contributed by atoms with E-state index < -0.39 is 5.24 Å². The van der Waals surface area contributed by atoms with Gasteiger partial charge in [-0.1, -0.05) is 53.5 Å². The number of aromatic nitrogens is 1. The van der Waals surface area contributed by atoms with Crippen LogP contribution < -0.4 is 0 Å². The Balaban J connectivity index is 2.42. The summed E-state index contributed by atoms with van der Waals surface area (Å²) in [4.78, 5) is 16.3. The van der Waals surface area contributed by atoms with Crippen molar-refractivity contribution in [2.75, 3.05) is 0 Å². The lowest BCUT2D eigenvalue weighted by Crippen LogP contribution is -2.00. The van der Waals surface area contributed by atoms with Gasteiger partial charge in [-0.2, -0.15) is 0 Å². The molecule has 3 aromatic rings. The van der Waals surface area contributed by atoms with Crippen LogP contribution in [-0.2, 0) is 0 Å². The lowest BCUT2D eigenvalue weighted by Gasteiger charge is -2.11. The normalized spacial score (nSPS) is 10.8. The van der Waals surface area contributed by atoms with Crippen molar-refractivity contribution in [1.82, 2.24) is 4.98 Å². The number of fused-ring (bicyclic) bond motifs is 1. The zero-order valence-corrected chi connectivity index (χ0v) is 12.9. The molecule has 0 spiro atoms. The topological polar surface area (TPSA) is 30.0 Å². The third kappa shape index (κ3) is 2.62. The summed E-state index contributed by atoms with van der Waals surface area (Å²) in [7, 11) is 0. The first-order chi connectivity index (χ1) is 10.1. The van der Waals surface area contributed by atoms with Crippen LogP contribution in [0, 0.1) is 0 Å². The van der Waals surface area contributed by atoms with Crippen LogP contribution in [-0.4, -0.2) is 10.2 Å². The average Bonchev–Trinajstić information content (AvgIpc) is 2.47. The van der Waals surface area contributed by atoms with E-state index in [1.165, 1.54) is 0 Å². The smallest absolute Gasteiger partial charge is 0.256 e.